The quantitative estimate of drug-likeness (QED) is 0.828. The molecule has 1 saturated carbocycles. The molecule has 0 saturated heterocycles. The van der Waals surface area contributed by atoms with E-state index in [0.29, 0.717) is 5.92 Å². The van der Waals surface area contributed by atoms with E-state index in [1.54, 1.807) is 0 Å². The summed E-state index contributed by atoms with van der Waals surface area (Å²) in [5.41, 5.74) is 4.23. The molecule has 0 radical (unpaired) electrons. The van der Waals surface area contributed by atoms with Gasteiger partial charge >= 0.3 is 0 Å². The van der Waals surface area contributed by atoms with Gasteiger partial charge in [0.1, 0.15) is 0 Å². The number of benzene rings is 1. The van der Waals surface area contributed by atoms with Crippen LogP contribution < -0.4 is 10.2 Å². The van der Waals surface area contributed by atoms with Gasteiger partial charge in [-0.1, -0.05) is 50.8 Å². The van der Waals surface area contributed by atoms with Crippen molar-refractivity contribution in [3.63, 3.8) is 0 Å². The lowest BCUT2D eigenvalue weighted by Crippen LogP contribution is -2.34. The van der Waals surface area contributed by atoms with E-state index < -0.39 is 0 Å². The molecule has 1 aliphatic rings. The molecule has 0 aliphatic heterocycles. The maximum absolute atomic E-state index is 3.60. The molecule has 0 heterocycles. The third-order valence-electron chi connectivity index (χ3n) is 4.61. The molecule has 0 aromatic heterocycles. The maximum Gasteiger partial charge on any atom is 0.0411 e. The molecule has 1 fully saturated rings. The van der Waals surface area contributed by atoms with Gasteiger partial charge in [0.2, 0.25) is 0 Å². The number of hydrogen-bond donors (Lipinski definition) is 1. The molecule has 1 aromatic rings. The lowest BCUT2D eigenvalue weighted by Gasteiger charge is -2.34. The summed E-state index contributed by atoms with van der Waals surface area (Å²) >= 11 is 0. The normalized spacial score (nSPS) is 16.4. The maximum atomic E-state index is 3.60. The van der Waals surface area contributed by atoms with Crippen LogP contribution in [0.3, 0.4) is 0 Å². The highest BCUT2D eigenvalue weighted by Gasteiger charge is 2.20. The van der Waals surface area contributed by atoms with Crippen LogP contribution in [-0.2, 0) is 6.54 Å². The first-order chi connectivity index (χ1) is 10.1. The van der Waals surface area contributed by atoms with E-state index in [1.807, 2.05) is 0 Å². The molecule has 0 spiro atoms. The molecule has 0 unspecified atom stereocenters. The van der Waals surface area contributed by atoms with Crippen LogP contribution in [0.5, 0.6) is 0 Å². The molecule has 1 aromatic carbocycles. The van der Waals surface area contributed by atoms with Gasteiger partial charge in [-0.15, -0.1) is 0 Å². The number of nitrogens with zero attached hydrogens (tertiary/aromatic N) is 1. The fraction of sp³-hybridized carbons (Fsp3) is 0.684. The molecular weight excluding hydrogens is 256 g/mol. The summed E-state index contributed by atoms with van der Waals surface area (Å²) in [4.78, 5) is 2.53. The van der Waals surface area contributed by atoms with Crippen LogP contribution in [-0.4, -0.2) is 19.6 Å². The minimum absolute atomic E-state index is 0.703. The molecule has 2 nitrogen and oxygen atoms in total. The Kier molecular flexibility index (Phi) is 6.10. The minimum Gasteiger partial charge on any atom is -0.371 e. The van der Waals surface area contributed by atoms with Gasteiger partial charge in [-0.3, -0.25) is 0 Å². The molecule has 21 heavy (non-hydrogen) atoms. The van der Waals surface area contributed by atoms with Gasteiger partial charge in [0.25, 0.3) is 0 Å². The highest BCUT2D eigenvalue weighted by molar-refractivity contribution is 5.55. The van der Waals surface area contributed by atoms with E-state index in [2.05, 4.69) is 56.2 Å². The zero-order valence-corrected chi connectivity index (χ0v) is 14.3. The Morgan fingerprint density at radius 3 is 2.57 bits per heavy atom. The number of anilines is 1. The first-order valence-corrected chi connectivity index (χ1v) is 8.61. The van der Waals surface area contributed by atoms with Gasteiger partial charge in [0, 0.05) is 25.3 Å². The predicted octanol–water partition coefficient (Wildman–Crippen LogP) is 4.51. The van der Waals surface area contributed by atoms with Crippen molar-refractivity contribution in [3.8, 4) is 0 Å². The zero-order chi connectivity index (χ0) is 15.2. The van der Waals surface area contributed by atoms with E-state index in [4.69, 9.17) is 0 Å². The molecule has 0 amide bonds. The van der Waals surface area contributed by atoms with E-state index in [-0.39, 0.29) is 0 Å². The third kappa shape index (κ3) is 4.74. The topological polar surface area (TPSA) is 15.3 Å². The van der Waals surface area contributed by atoms with Crippen LogP contribution in [0.2, 0.25) is 0 Å². The van der Waals surface area contributed by atoms with E-state index in [9.17, 15) is 0 Å². The fourth-order valence-electron chi connectivity index (χ4n) is 3.36. The van der Waals surface area contributed by atoms with Crippen molar-refractivity contribution in [2.24, 2.45) is 5.92 Å². The summed E-state index contributed by atoms with van der Waals surface area (Å²) in [7, 11) is 2.28. The predicted molar refractivity (Wildman–Crippen MR) is 93.0 cm³/mol. The average molecular weight is 288 g/mol. The van der Waals surface area contributed by atoms with Crippen LogP contribution in [0, 0.1) is 12.8 Å². The first-order valence-electron chi connectivity index (χ1n) is 8.61. The Balaban J connectivity index is 2.09. The number of aryl methyl sites for hydroxylation is 1. The monoisotopic (exact) mass is 288 g/mol. The summed E-state index contributed by atoms with van der Waals surface area (Å²) in [5, 5.41) is 3.60. The molecule has 1 aliphatic carbocycles. The van der Waals surface area contributed by atoms with Crippen molar-refractivity contribution in [2.45, 2.75) is 65.5 Å². The Bertz CT molecular complexity index is 433. The molecule has 118 valence electrons. The highest BCUT2D eigenvalue weighted by Crippen LogP contribution is 2.29. The number of rotatable bonds is 6. The Labute approximate surface area is 130 Å². The van der Waals surface area contributed by atoms with Crippen molar-refractivity contribution in [2.75, 3.05) is 18.5 Å². The Morgan fingerprint density at radius 1 is 1.19 bits per heavy atom. The molecule has 0 bridgehead atoms. The van der Waals surface area contributed by atoms with Crippen molar-refractivity contribution in [3.05, 3.63) is 29.3 Å². The van der Waals surface area contributed by atoms with Crippen molar-refractivity contribution in [1.29, 1.82) is 0 Å². The zero-order valence-electron chi connectivity index (χ0n) is 14.3. The van der Waals surface area contributed by atoms with Crippen LogP contribution in [0.15, 0.2) is 18.2 Å². The standard InChI is InChI=1S/C19H32N2/c1-15(2)13-20-14-17-12-16(3)10-11-19(17)21(4)18-8-6-5-7-9-18/h10-12,15,18,20H,5-9,13-14H2,1-4H3. The van der Waals surface area contributed by atoms with Gasteiger partial charge in [-0.05, 0) is 43.9 Å². The van der Waals surface area contributed by atoms with E-state index >= 15 is 0 Å². The molecule has 0 atom stereocenters. The van der Waals surface area contributed by atoms with Crippen LogP contribution >= 0.6 is 0 Å². The molecule has 1 N–H and O–H groups in total. The van der Waals surface area contributed by atoms with Crippen LogP contribution in [0.4, 0.5) is 5.69 Å². The van der Waals surface area contributed by atoms with Crippen LogP contribution in [0.25, 0.3) is 0 Å². The van der Waals surface area contributed by atoms with Crippen molar-refractivity contribution < 1.29 is 0 Å². The SMILES string of the molecule is Cc1ccc(N(C)C2CCCCC2)c(CNCC(C)C)c1. The largest absolute Gasteiger partial charge is 0.371 e. The fourth-order valence-corrected chi connectivity index (χ4v) is 3.36. The highest BCUT2D eigenvalue weighted by atomic mass is 15.1. The van der Waals surface area contributed by atoms with Gasteiger partial charge in [0.05, 0.1) is 0 Å². The Hall–Kier alpha value is -1.02. The van der Waals surface area contributed by atoms with Gasteiger partial charge in [0.15, 0.2) is 0 Å². The second kappa shape index (κ2) is 7.84. The van der Waals surface area contributed by atoms with Gasteiger partial charge < -0.3 is 10.2 Å². The van der Waals surface area contributed by atoms with E-state index in [0.717, 1.165) is 19.1 Å². The van der Waals surface area contributed by atoms with Crippen LogP contribution in [0.1, 0.15) is 57.1 Å². The smallest absolute Gasteiger partial charge is 0.0411 e. The number of hydrogen-bond acceptors (Lipinski definition) is 2. The van der Waals surface area contributed by atoms with Crippen molar-refractivity contribution in [1.82, 2.24) is 5.32 Å². The Morgan fingerprint density at radius 2 is 1.90 bits per heavy atom. The first kappa shape index (κ1) is 16.4. The summed E-state index contributed by atoms with van der Waals surface area (Å²) in [6.45, 7) is 8.78. The molecule has 2 heteroatoms. The third-order valence-corrected chi connectivity index (χ3v) is 4.61. The van der Waals surface area contributed by atoms with Crippen molar-refractivity contribution >= 4 is 5.69 Å². The van der Waals surface area contributed by atoms with Gasteiger partial charge in [-0.25, -0.2) is 0 Å². The summed E-state index contributed by atoms with van der Waals surface area (Å²) in [6, 6.07) is 7.64. The van der Waals surface area contributed by atoms with E-state index in [1.165, 1.54) is 48.9 Å². The average Bonchev–Trinajstić information content (AvgIpc) is 2.47. The summed E-state index contributed by atoms with van der Waals surface area (Å²) in [6.07, 6.45) is 6.90. The molecule has 2 rings (SSSR count). The second-order valence-electron chi connectivity index (χ2n) is 7.06. The summed E-state index contributed by atoms with van der Waals surface area (Å²) in [5.74, 6) is 0.703. The lowest BCUT2D eigenvalue weighted by molar-refractivity contribution is 0.427. The number of nitrogens with one attached hydrogen (secondary N) is 1. The lowest BCUT2D eigenvalue weighted by atomic mass is 9.93. The molecular formula is C19H32N2. The summed E-state index contributed by atoms with van der Waals surface area (Å²) < 4.78 is 0. The second-order valence-corrected chi connectivity index (χ2v) is 7.06. The van der Waals surface area contributed by atoms with Gasteiger partial charge in [-0.2, -0.15) is 0 Å². The minimum atomic E-state index is 0.703.